The fraction of sp³-hybridized carbons (Fsp3) is 0.857. The van der Waals surface area contributed by atoms with Crippen LogP contribution in [0.4, 0.5) is 0 Å². The van der Waals surface area contributed by atoms with Gasteiger partial charge in [0, 0.05) is 0 Å². The molecule has 0 aromatic heterocycles. The number of hydrogen-bond donors (Lipinski definition) is 0. The molecule has 0 amide bonds. The quantitative estimate of drug-likeness (QED) is 0.143. The molecule has 0 aliphatic rings. The molecule has 0 fully saturated rings. The molecular formula is C21H40O9. The molecule has 178 valence electrons. The van der Waals surface area contributed by atoms with Gasteiger partial charge in [-0.25, -0.2) is 4.79 Å². The lowest BCUT2D eigenvalue weighted by Crippen LogP contribution is -2.27. The van der Waals surface area contributed by atoms with E-state index in [9.17, 15) is 4.79 Å². The van der Waals surface area contributed by atoms with Crippen LogP contribution in [0.5, 0.6) is 0 Å². The van der Waals surface area contributed by atoms with Crippen molar-refractivity contribution in [3.63, 3.8) is 0 Å². The number of hydrogen-bond acceptors (Lipinski definition) is 9. The van der Waals surface area contributed by atoms with Gasteiger partial charge in [0.2, 0.25) is 0 Å². The number of carbonyl (C=O) groups excluding carboxylic acids is 1. The Labute approximate surface area is 180 Å². The molecule has 0 bridgehead atoms. The first-order chi connectivity index (χ1) is 14.5. The molecule has 0 atom stereocenters. The van der Waals surface area contributed by atoms with E-state index in [0.29, 0.717) is 85.9 Å². The van der Waals surface area contributed by atoms with Gasteiger partial charge in [-0.15, -0.1) is 6.58 Å². The first-order valence-corrected chi connectivity index (χ1v) is 10.3. The lowest BCUT2D eigenvalue weighted by Gasteiger charge is -2.19. The average Bonchev–Trinajstić information content (AvgIpc) is 2.68. The Morgan fingerprint density at radius 2 is 0.967 bits per heavy atom. The largest absolute Gasteiger partial charge is 0.458 e. The highest BCUT2D eigenvalue weighted by Gasteiger charge is 2.15. The van der Waals surface area contributed by atoms with Crippen molar-refractivity contribution in [2.75, 3.05) is 92.5 Å². The van der Waals surface area contributed by atoms with Crippen molar-refractivity contribution in [2.45, 2.75) is 26.4 Å². The first-order valence-electron chi connectivity index (χ1n) is 10.3. The Bertz CT molecular complexity index is 396. The predicted molar refractivity (Wildman–Crippen MR) is 112 cm³/mol. The Kier molecular flexibility index (Phi) is 20.4. The molecule has 0 radical (unpaired) electrons. The standard InChI is InChI=1S/C21H40O9/c1-5-6-23-7-8-24-9-10-25-11-12-26-13-14-27-15-16-28-17-18-29-19-20(22)30-21(2,3)4/h5H,1,6-19H2,2-4H3. The van der Waals surface area contributed by atoms with E-state index in [0.717, 1.165) is 0 Å². The lowest BCUT2D eigenvalue weighted by molar-refractivity contribution is -0.160. The monoisotopic (exact) mass is 436 g/mol. The van der Waals surface area contributed by atoms with E-state index >= 15 is 0 Å². The highest BCUT2D eigenvalue weighted by molar-refractivity contribution is 5.71. The van der Waals surface area contributed by atoms with Gasteiger partial charge < -0.3 is 37.9 Å². The summed E-state index contributed by atoms with van der Waals surface area (Å²) in [5.41, 5.74) is -0.499. The third kappa shape index (κ3) is 25.0. The summed E-state index contributed by atoms with van der Waals surface area (Å²) in [6.45, 7) is 15.3. The predicted octanol–water partition coefficient (Wildman–Crippen LogP) is 1.63. The highest BCUT2D eigenvalue weighted by atomic mass is 16.6. The van der Waals surface area contributed by atoms with E-state index in [1.807, 2.05) is 20.8 Å². The van der Waals surface area contributed by atoms with E-state index in [1.165, 1.54) is 0 Å². The molecule has 0 saturated heterocycles. The smallest absolute Gasteiger partial charge is 0.332 e. The normalized spacial score (nSPS) is 11.6. The molecule has 0 N–H and O–H groups in total. The summed E-state index contributed by atoms with van der Waals surface area (Å²) in [4.78, 5) is 11.4. The third-order valence-corrected chi connectivity index (χ3v) is 3.11. The lowest BCUT2D eigenvalue weighted by atomic mass is 10.2. The van der Waals surface area contributed by atoms with E-state index in [1.54, 1.807) is 6.08 Å². The van der Waals surface area contributed by atoms with E-state index in [-0.39, 0.29) is 12.6 Å². The summed E-state index contributed by atoms with van der Waals surface area (Å²) >= 11 is 0. The molecule has 0 aliphatic heterocycles. The molecule has 0 rings (SSSR count). The molecule has 0 unspecified atom stereocenters. The second-order valence-corrected chi connectivity index (χ2v) is 7.06. The second kappa shape index (κ2) is 21.2. The van der Waals surface area contributed by atoms with Crippen LogP contribution < -0.4 is 0 Å². The fourth-order valence-corrected chi connectivity index (χ4v) is 1.91. The molecule has 30 heavy (non-hydrogen) atoms. The minimum atomic E-state index is -0.499. The molecule has 9 heteroatoms. The van der Waals surface area contributed by atoms with Crippen molar-refractivity contribution in [2.24, 2.45) is 0 Å². The maximum absolute atomic E-state index is 11.4. The maximum Gasteiger partial charge on any atom is 0.332 e. The molecule has 0 saturated carbocycles. The van der Waals surface area contributed by atoms with Crippen LogP contribution in [0.15, 0.2) is 12.7 Å². The number of ether oxygens (including phenoxy) is 8. The highest BCUT2D eigenvalue weighted by Crippen LogP contribution is 2.06. The minimum Gasteiger partial charge on any atom is -0.458 e. The van der Waals surface area contributed by atoms with Crippen molar-refractivity contribution in [3.05, 3.63) is 12.7 Å². The Morgan fingerprint density at radius 1 is 0.633 bits per heavy atom. The summed E-state index contributed by atoms with van der Waals surface area (Å²) in [6.07, 6.45) is 1.70. The van der Waals surface area contributed by atoms with Crippen molar-refractivity contribution < 1.29 is 42.7 Å². The van der Waals surface area contributed by atoms with Crippen LogP contribution in [0.25, 0.3) is 0 Å². The molecule has 0 aliphatic carbocycles. The SMILES string of the molecule is C=CCOCCOCCOCCOCCOCCOCCOCC(=O)OC(C)(C)C. The minimum absolute atomic E-state index is 0.0731. The number of carbonyl (C=O) groups is 1. The Balaban J connectivity index is 3.11. The van der Waals surface area contributed by atoms with Crippen molar-refractivity contribution >= 4 is 5.97 Å². The molecule has 0 aromatic carbocycles. The number of rotatable bonds is 22. The van der Waals surface area contributed by atoms with Crippen LogP contribution in [0.3, 0.4) is 0 Å². The Hall–Kier alpha value is -1.07. The summed E-state index contributed by atoms with van der Waals surface area (Å²) in [5, 5.41) is 0. The van der Waals surface area contributed by atoms with Gasteiger partial charge >= 0.3 is 5.97 Å². The first kappa shape index (κ1) is 28.9. The summed E-state index contributed by atoms with van der Waals surface area (Å²) in [7, 11) is 0. The molecule has 0 aromatic rings. The fourth-order valence-electron chi connectivity index (χ4n) is 1.91. The zero-order valence-electron chi connectivity index (χ0n) is 18.9. The zero-order valence-corrected chi connectivity index (χ0v) is 18.9. The van der Waals surface area contributed by atoms with Crippen molar-refractivity contribution in [1.82, 2.24) is 0 Å². The van der Waals surface area contributed by atoms with Crippen LogP contribution >= 0.6 is 0 Å². The summed E-state index contributed by atoms with van der Waals surface area (Å²) in [6, 6.07) is 0. The van der Waals surface area contributed by atoms with Crippen molar-refractivity contribution in [3.8, 4) is 0 Å². The van der Waals surface area contributed by atoms with Gasteiger partial charge in [-0.2, -0.15) is 0 Å². The van der Waals surface area contributed by atoms with Gasteiger partial charge in [0.05, 0.1) is 85.9 Å². The van der Waals surface area contributed by atoms with Gasteiger partial charge in [0.25, 0.3) is 0 Å². The third-order valence-electron chi connectivity index (χ3n) is 3.11. The molecule has 9 nitrogen and oxygen atoms in total. The zero-order chi connectivity index (χ0) is 22.3. The topological polar surface area (TPSA) is 90.9 Å². The Morgan fingerprint density at radius 3 is 1.30 bits per heavy atom. The van der Waals surface area contributed by atoms with Crippen LogP contribution in [0, 0.1) is 0 Å². The van der Waals surface area contributed by atoms with Gasteiger partial charge in [-0.05, 0) is 20.8 Å². The van der Waals surface area contributed by atoms with E-state index in [4.69, 9.17) is 37.9 Å². The number of esters is 1. The van der Waals surface area contributed by atoms with Gasteiger partial charge in [-0.1, -0.05) is 6.08 Å². The van der Waals surface area contributed by atoms with Crippen molar-refractivity contribution in [1.29, 1.82) is 0 Å². The van der Waals surface area contributed by atoms with Gasteiger partial charge in [0.1, 0.15) is 12.2 Å². The van der Waals surface area contributed by atoms with E-state index in [2.05, 4.69) is 6.58 Å². The van der Waals surface area contributed by atoms with Crippen LogP contribution in [-0.2, 0) is 42.7 Å². The van der Waals surface area contributed by atoms with E-state index < -0.39 is 5.60 Å². The van der Waals surface area contributed by atoms with Crippen LogP contribution in [0.1, 0.15) is 20.8 Å². The maximum atomic E-state index is 11.4. The summed E-state index contributed by atoms with van der Waals surface area (Å²) < 4.78 is 42.4. The molecule has 0 spiro atoms. The molecule has 0 heterocycles. The van der Waals surface area contributed by atoms with Gasteiger partial charge in [0.15, 0.2) is 0 Å². The molecular weight excluding hydrogens is 396 g/mol. The van der Waals surface area contributed by atoms with Crippen LogP contribution in [-0.4, -0.2) is 104 Å². The van der Waals surface area contributed by atoms with Crippen LogP contribution in [0.2, 0.25) is 0 Å². The average molecular weight is 437 g/mol. The second-order valence-electron chi connectivity index (χ2n) is 7.06. The summed E-state index contributed by atoms with van der Waals surface area (Å²) in [5.74, 6) is -0.380. The van der Waals surface area contributed by atoms with Gasteiger partial charge in [-0.3, -0.25) is 0 Å².